The van der Waals surface area contributed by atoms with E-state index in [1.54, 1.807) is 7.11 Å². The lowest BCUT2D eigenvalue weighted by Crippen LogP contribution is -2.00. The van der Waals surface area contributed by atoms with Gasteiger partial charge >= 0.3 is 0 Å². The van der Waals surface area contributed by atoms with Gasteiger partial charge in [0.2, 0.25) is 0 Å². The van der Waals surface area contributed by atoms with Gasteiger partial charge in [-0.25, -0.2) is 0 Å². The van der Waals surface area contributed by atoms with Crippen LogP contribution in [0.15, 0.2) is 51.8 Å². The van der Waals surface area contributed by atoms with Gasteiger partial charge in [0.05, 0.1) is 7.11 Å². The third-order valence-electron chi connectivity index (χ3n) is 2.78. The Labute approximate surface area is 126 Å². The van der Waals surface area contributed by atoms with Crippen molar-refractivity contribution in [3.05, 3.63) is 58.1 Å². The molecule has 2 N–H and O–H groups in total. The number of ether oxygens (including phenoxy) is 1. The summed E-state index contributed by atoms with van der Waals surface area (Å²) in [5, 5.41) is 0. The second-order valence-electron chi connectivity index (χ2n) is 4.09. The van der Waals surface area contributed by atoms with E-state index in [0.29, 0.717) is 6.54 Å². The zero-order valence-electron chi connectivity index (χ0n) is 10.7. The molecule has 0 radical (unpaired) electrons. The summed E-state index contributed by atoms with van der Waals surface area (Å²) in [4.78, 5) is 1.26. The topological polar surface area (TPSA) is 35.2 Å². The van der Waals surface area contributed by atoms with Gasteiger partial charge in [0.15, 0.2) is 0 Å². The first-order valence-electron chi connectivity index (χ1n) is 5.97. The Morgan fingerprint density at radius 2 is 1.89 bits per heavy atom. The number of thioether (sulfide) groups is 1. The van der Waals surface area contributed by atoms with Crippen molar-refractivity contribution >= 4 is 27.7 Å². The zero-order chi connectivity index (χ0) is 13.7. The van der Waals surface area contributed by atoms with E-state index < -0.39 is 0 Å². The maximum absolute atomic E-state index is 5.73. The molecule has 2 rings (SSSR count). The summed E-state index contributed by atoms with van der Waals surface area (Å²) in [5.74, 6) is 1.79. The van der Waals surface area contributed by atoms with Crippen LogP contribution in [0.2, 0.25) is 0 Å². The van der Waals surface area contributed by atoms with E-state index >= 15 is 0 Å². The maximum Gasteiger partial charge on any atom is 0.123 e. The predicted octanol–water partition coefficient (Wildman–Crippen LogP) is 4.21. The molecule has 2 nitrogen and oxygen atoms in total. The van der Waals surface area contributed by atoms with Crippen LogP contribution < -0.4 is 10.5 Å². The third-order valence-corrected chi connectivity index (χ3v) is 4.40. The van der Waals surface area contributed by atoms with Gasteiger partial charge in [0.1, 0.15) is 5.75 Å². The highest BCUT2D eigenvalue weighted by Gasteiger charge is 2.03. The monoisotopic (exact) mass is 337 g/mol. The van der Waals surface area contributed by atoms with Crippen LogP contribution in [0.25, 0.3) is 0 Å². The average molecular weight is 338 g/mol. The summed E-state index contributed by atoms with van der Waals surface area (Å²) >= 11 is 5.25. The molecule has 0 aliphatic rings. The summed E-state index contributed by atoms with van der Waals surface area (Å²) in [6.07, 6.45) is 0. The van der Waals surface area contributed by atoms with Crippen LogP contribution in [0.1, 0.15) is 11.1 Å². The Morgan fingerprint density at radius 3 is 2.53 bits per heavy atom. The lowest BCUT2D eigenvalue weighted by atomic mass is 10.1. The molecule has 0 heterocycles. The fraction of sp³-hybridized carbons (Fsp3) is 0.200. The fourth-order valence-corrected chi connectivity index (χ4v) is 2.88. The van der Waals surface area contributed by atoms with Crippen LogP contribution >= 0.6 is 27.7 Å². The Balaban J connectivity index is 2.05. The number of rotatable bonds is 5. The van der Waals surface area contributed by atoms with E-state index in [2.05, 4.69) is 52.3 Å². The highest BCUT2D eigenvalue weighted by Crippen LogP contribution is 2.27. The molecule has 2 aromatic carbocycles. The molecule has 0 aromatic heterocycles. The first-order chi connectivity index (χ1) is 9.22. The first kappa shape index (κ1) is 14.4. The first-order valence-corrected chi connectivity index (χ1v) is 7.75. The third kappa shape index (κ3) is 4.00. The van der Waals surface area contributed by atoms with Crippen LogP contribution in [0.4, 0.5) is 0 Å². The van der Waals surface area contributed by atoms with E-state index in [9.17, 15) is 0 Å². The lowest BCUT2D eigenvalue weighted by molar-refractivity contribution is 0.409. The van der Waals surface area contributed by atoms with Gasteiger partial charge in [-0.05, 0) is 42.0 Å². The maximum atomic E-state index is 5.73. The molecular formula is C15H16BrNOS. The quantitative estimate of drug-likeness (QED) is 0.830. The molecule has 0 fully saturated rings. The van der Waals surface area contributed by atoms with Crippen LogP contribution in [0.3, 0.4) is 0 Å². The highest BCUT2D eigenvalue weighted by molar-refractivity contribution is 9.10. The average Bonchev–Trinajstić information content (AvgIpc) is 2.46. The van der Waals surface area contributed by atoms with Gasteiger partial charge in [-0.3, -0.25) is 0 Å². The van der Waals surface area contributed by atoms with Crippen LogP contribution in [0.5, 0.6) is 5.75 Å². The Kier molecular flexibility index (Phi) is 5.31. The number of hydrogen-bond donors (Lipinski definition) is 1. The molecule has 0 amide bonds. The fourth-order valence-electron chi connectivity index (χ4n) is 1.78. The second kappa shape index (κ2) is 6.98. The van der Waals surface area contributed by atoms with Crippen molar-refractivity contribution in [1.29, 1.82) is 0 Å². The number of hydrogen-bond acceptors (Lipinski definition) is 3. The molecule has 4 heteroatoms. The van der Waals surface area contributed by atoms with Crippen molar-refractivity contribution in [3.63, 3.8) is 0 Å². The van der Waals surface area contributed by atoms with E-state index in [-0.39, 0.29) is 0 Å². The van der Waals surface area contributed by atoms with Crippen LogP contribution in [-0.4, -0.2) is 7.11 Å². The highest BCUT2D eigenvalue weighted by atomic mass is 79.9. The summed E-state index contributed by atoms with van der Waals surface area (Å²) in [6.45, 7) is 0.500. The van der Waals surface area contributed by atoms with Gasteiger partial charge in [0, 0.05) is 27.2 Å². The van der Waals surface area contributed by atoms with Gasteiger partial charge in [-0.15, -0.1) is 11.8 Å². The van der Waals surface area contributed by atoms with E-state index in [1.165, 1.54) is 10.5 Å². The Bertz CT molecular complexity index is 542. The minimum absolute atomic E-state index is 0.500. The van der Waals surface area contributed by atoms with Crippen molar-refractivity contribution < 1.29 is 4.74 Å². The summed E-state index contributed by atoms with van der Waals surface area (Å²) in [7, 11) is 1.67. The standard InChI is InChI=1S/C15H16BrNOS/c1-18-15-7-2-11(8-12(15)9-17)10-19-14-5-3-13(16)4-6-14/h2-8H,9-10,17H2,1H3. The summed E-state index contributed by atoms with van der Waals surface area (Å²) in [6, 6.07) is 14.5. The molecule has 0 saturated carbocycles. The van der Waals surface area contributed by atoms with E-state index in [0.717, 1.165) is 21.5 Å². The minimum atomic E-state index is 0.500. The Morgan fingerprint density at radius 1 is 1.16 bits per heavy atom. The lowest BCUT2D eigenvalue weighted by Gasteiger charge is -2.09. The SMILES string of the molecule is COc1ccc(CSc2ccc(Br)cc2)cc1CN. The van der Waals surface area contributed by atoms with Crippen molar-refractivity contribution in [3.8, 4) is 5.75 Å². The molecule has 0 atom stereocenters. The van der Waals surface area contributed by atoms with Crippen molar-refractivity contribution in [1.82, 2.24) is 0 Å². The Hall–Kier alpha value is -0.970. The molecule has 0 spiro atoms. The van der Waals surface area contributed by atoms with Gasteiger partial charge < -0.3 is 10.5 Å². The van der Waals surface area contributed by atoms with Crippen LogP contribution in [-0.2, 0) is 12.3 Å². The molecular weight excluding hydrogens is 322 g/mol. The minimum Gasteiger partial charge on any atom is -0.496 e. The number of benzene rings is 2. The predicted molar refractivity (Wildman–Crippen MR) is 84.6 cm³/mol. The molecule has 0 unspecified atom stereocenters. The molecule has 0 saturated heterocycles. The normalized spacial score (nSPS) is 10.5. The summed E-state index contributed by atoms with van der Waals surface area (Å²) in [5.41, 5.74) is 8.04. The van der Waals surface area contributed by atoms with Gasteiger partial charge in [0.25, 0.3) is 0 Å². The van der Waals surface area contributed by atoms with Gasteiger partial charge in [-0.2, -0.15) is 0 Å². The van der Waals surface area contributed by atoms with Crippen molar-refractivity contribution in [2.24, 2.45) is 5.73 Å². The van der Waals surface area contributed by atoms with E-state index in [4.69, 9.17) is 10.5 Å². The van der Waals surface area contributed by atoms with Crippen LogP contribution in [0, 0.1) is 0 Å². The zero-order valence-corrected chi connectivity index (χ0v) is 13.1. The largest absolute Gasteiger partial charge is 0.496 e. The molecule has 19 heavy (non-hydrogen) atoms. The number of nitrogens with two attached hydrogens (primary N) is 1. The molecule has 0 aliphatic carbocycles. The van der Waals surface area contributed by atoms with E-state index in [1.807, 2.05) is 17.8 Å². The molecule has 0 bridgehead atoms. The number of halogens is 1. The molecule has 100 valence electrons. The van der Waals surface area contributed by atoms with Crippen molar-refractivity contribution in [2.45, 2.75) is 17.2 Å². The summed E-state index contributed by atoms with van der Waals surface area (Å²) < 4.78 is 6.38. The van der Waals surface area contributed by atoms with Gasteiger partial charge in [-0.1, -0.05) is 22.0 Å². The second-order valence-corrected chi connectivity index (χ2v) is 6.06. The smallest absolute Gasteiger partial charge is 0.123 e. The number of methoxy groups -OCH3 is 1. The van der Waals surface area contributed by atoms with Crippen molar-refractivity contribution in [2.75, 3.05) is 7.11 Å². The molecule has 2 aromatic rings. The molecule has 0 aliphatic heterocycles.